The van der Waals surface area contributed by atoms with E-state index in [1.807, 2.05) is 97.6 Å². The molecule has 202 valence electrons. The quantitative estimate of drug-likeness (QED) is 0.491. The molecule has 0 radical (unpaired) electrons. The maximum Gasteiger partial charge on any atom is 0.251 e. The predicted molar refractivity (Wildman–Crippen MR) is 153 cm³/mol. The van der Waals surface area contributed by atoms with E-state index < -0.39 is 5.41 Å². The summed E-state index contributed by atoms with van der Waals surface area (Å²) in [5, 5.41) is 6.23. The number of hydrogen-bond acceptors (Lipinski definition) is 3. The lowest BCUT2D eigenvalue weighted by Crippen LogP contribution is -2.51. The van der Waals surface area contributed by atoms with Crippen molar-refractivity contribution >= 4 is 17.7 Å². The molecule has 2 aliphatic rings. The zero-order chi connectivity index (χ0) is 27.4. The molecule has 3 aromatic carbocycles. The number of nitrogens with zero attached hydrogens (tertiary/aromatic N) is 1. The average Bonchev–Trinajstić information content (AvgIpc) is 2.97. The van der Waals surface area contributed by atoms with Gasteiger partial charge in [-0.05, 0) is 67.9 Å². The second-order valence-corrected chi connectivity index (χ2v) is 10.7. The summed E-state index contributed by atoms with van der Waals surface area (Å²) in [5.41, 5.74) is 3.66. The summed E-state index contributed by atoms with van der Waals surface area (Å²) >= 11 is 0. The van der Waals surface area contributed by atoms with E-state index >= 15 is 0 Å². The van der Waals surface area contributed by atoms with Crippen LogP contribution in [0.3, 0.4) is 0 Å². The summed E-state index contributed by atoms with van der Waals surface area (Å²) in [5.74, 6) is -0.240. The predicted octanol–water partition coefficient (Wildman–Crippen LogP) is 4.72. The minimum absolute atomic E-state index is 0.0141. The molecular formula is C33H37N3O3. The van der Waals surface area contributed by atoms with Crippen LogP contribution in [0.4, 0.5) is 0 Å². The van der Waals surface area contributed by atoms with Crippen LogP contribution in [-0.2, 0) is 15.0 Å². The molecule has 3 aromatic rings. The van der Waals surface area contributed by atoms with E-state index in [4.69, 9.17) is 0 Å². The summed E-state index contributed by atoms with van der Waals surface area (Å²) in [6.07, 6.45) is 2.63. The number of likely N-dealkylation sites (N-methyl/N-ethyl adjacent to an activating group) is 1. The number of aryl methyl sites for hydroxylation is 1. The third-order valence-electron chi connectivity index (χ3n) is 8.43. The van der Waals surface area contributed by atoms with Gasteiger partial charge in [0.25, 0.3) is 5.91 Å². The van der Waals surface area contributed by atoms with Gasteiger partial charge in [-0.2, -0.15) is 0 Å². The van der Waals surface area contributed by atoms with Crippen LogP contribution in [0.5, 0.6) is 0 Å². The first-order valence-electron chi connectivity index (χ1n) is 14.0. The SMILES string of the molecule is CCNC(=O)[C@]1(c2ccccc2)CC[C@@H](C(=O)N2CCC(NC(=O)c3ccccc3C)CC2)c2ccccc21. The topological polar surface area (TPSA) is 78.5 Å². The van der Waals surface area contributed by atoms with Crippen molar-refractivity contribution in [2.24, 2.45) is 0 Å². The average molecular weight is 524 g/mol. The number of carbonyl (C=O) groups excluding carboxylic acids is 3. The summed E-state index contributed by atoms with van der Waals surface area (Å²) in [6.45, 7) is 5.64. The fourth-order valence-corrected chi connectivity index (χ4v) is 6.35. The van der Waals surface area contributed by atoms with Gasteiger partial charge < -0.3 is 15.5 Å². The molecular weight excluding hydrogens is 486 g/mol. The van der Waals surface area contributed by atoms with Crippen LogP contribution < -0.4 is 10.6 Å². The van der Waals surface area contributed by atoms with E-state index in [9.17, 15) is 14.4 Å². The van der Waals surface area contributed by atoms with Crippen molar-refractivity contribution in [1.29, 1.82) is 0 Å². The highest BCUT2D eigenvalue weighted by Crippen LogP contribution is 2.47. The van der Waals surface area contributed by atoms with Crippen LogP contribution in [0.2, 0.25) is 0 Å². The number of rotatable bonds is 6. The van der Waals surface area contributed by atoms with E-state index in [2.05, 4.69) is 10.6 Å². The Kier molecular flexibility index (Phi) is 7.82. The summed E-state index contributed by atoms with van der Waals surface area (Å²) < 4.78 is 0. The van der Waals surface area contributed by atoms with Crippen molar-refractivity contribution in [3.63, 3.8) is 0 Å². The zero-order valence-electron chi connectivity index (χ0n) is 22.8. The Morgan fingerprint density at radius 1 is 0.872 bits per heavy atom. The van der Waals surface area contributed by atoms with Gasteiger partial charge in [0.1, 0.15) is 0 Å². The summed E-state index contributed by atoms with van der Waals surface area (Å²) in [7, 11) is 0. The number of piperidine rings is 1. The molecule has 1 aliphatic carbocycles. The van der Waals surface area contributed by atoms with E-state index in [1.54, 1.807) is 0 Å². The minimum Gasteiger partial charge on any atom is -0.355 e. The molecule has 6 nitrogen and oxygen atoms in total. The summed E-state index contributed by atoms with van der Waals surface area (Å²) in [6, 6.07) is 25.5. The van der Waals surface area contributed by atoms with Crippen LogP contribution in [-0.4, -0.2) is 48.3 Å². The normalized spacial score (nSPS) is 21.1. The third kappa shape index (κ3) is 5.08. The molecule has 1 fully saturated rings. The lowest BCUT2D eigenvalue weighted by molar-refractivity contribution is -0.135. The van der Waals surface area contributed by atoms with Gasteiger partial charge in [0.15, 0.2) is 0 Å². The number of amides is 3. The van der Waals surface area contributed by atoms with Crippen LogP contribution in [0.1, 0.15) is 71.1 Å². The van der Waals surface area contributed by atoms with Gasteiger partial charge in [-0.15, -0.1) is 0 Å². The van der Waals surface area contributed by atoms with Crippen LogP contribution in [0.15, 0.2) is 78.9 Å². The van der Waals surface area contributed by atoms with E-state index in [-0.39, 0.29) is 29.7 Å². The smallest absolute Gasteiger partial charge is 0.251 e. The highest BCUT2D eigenvalue weighted by atomic mass is 16.2. The van der Waals surface area contributed by atoms with E-state index in [0.29, 0.717) is 38.0 Å². The van der Waals surface area contributed by atoms with E-state index in [0.717, 1.165) is 35.1 Å². The lowest BCUT2D eigenvalue weighted by Gasteiger charge is -2.42. The molecule has 6 heteroatoms. The molecule has 1 heterocycles. The van der Waals surface area contributed by atoms with Crippen molar-refractivity contribution in [3.05, 3.63) is 107 Å². The van der Waals surface area contributed by atoms with Gasteiger partial charge in [0.2, 0.25) is 11.8 Å². The van der Waals surface area contributed by atoms with Gasteiger partial charge in [-0.1, -0.05) is 72.8 Å². The molecule has 1 aliphatic heterocycles. The first kappa shape index (κ1) is 26.7. The Labute approximate surface area is 230 Å². The number of benzene rings is 3. The zero-order valence-corrected chi connectivity index (χ0v) is 22.8. The van der Waals surface area contributed by atoms with Crippen molar-refractivity contribution in [2.75, 3.05) is 19.6 Å². The Hall–Kier alpha value is -3.93. The molecule has 0 unspecified atom stereocenters. The number of hydrogen-bond donors (Lipinski definition) is 2. The molecule has 0 spiro atoms. The largest absolute Gasteiger partial charge is 0.355 e. The number of likely N-dealkylation sites (tertiary alicyclic amines) is 1. The second-order valence-electron chi connectivity index (χ2n) is 10.7. The summed E-state index contributed by atoms with van der Waals surface area (Å²) in [4.78, 5) is 42.3. The van der Waals surface area contributed by atoms with E-state index in [1.165, 1.54) is 0 Å². The van der Waals surface area contributed by atoms with Gasteiger partial charge in [-0.3, -0.25) is 14.4 Å². The van der Waals surface area contributed by atoms with Crippen molar-refractivity contribution in [3.8, 4) is 0 Å². The number of fused-ring (bicyclic) bond motifs is 1. The van der Waals surface area contributed by atoms with Crippen molar-refractivity contribution in [1.82, 2.24) is 15.5 Å². The van der Waals surface area contributed by atoms with Gasteiger partial charge in [0.05, 0.1) is 11.3 Å². The number of carbonyl (C=O) groups is 3. The molecule has 2 atom stereocenters. The number of nitrogens with one attached hydrogen (secondary N) is 2. The lowest BCUT2D eigenvalue weighted by atomic mass is 9.62. The molecule has 0 aromatic heterocycles. The first-order valence-corrected chi connectivity index (χ1v) is 14.0. The molecule has 0 bridgehead atoms. The van der Waals surface area contributed by atoms with Gasteiger partial charge >= 0.3 is 0 Å². The molecule has 0 saturated carbocycles. The van der Waals surface area contributed by atoms with Crippen LogP contribution >= 0.6 is 0 Å². The first-order chi connectivity index (χ1) is 19.0. The molecule has 3 amide bonds. The van der Waals surface area contributed by atoms with Crippen LogP contribution in [0.25, 0.3) is 0 Å². The fraction of sp³-hybridized carbons (Fsp3) is 0.364. The molecule has 1 saturated heterocycles. The standard InChI is InChI=1S/C33H37N3O3/c1-3-34-32(39)33(24-12-5-4-6-13-24)20-17-28(27-15-9-10-16-29(27)33)31(38)36-21-18-25(19-22-36)35-30(37)26-14-8-7-11-23(26)2/h4-16,25,28H,3,17-22H2,1-2H3,(H,34,39)(H,35,37)/t28-,33+/m1/s1. The minimum atomic E-state index is -0.822. The van der Waals surface area contributed by atoms with Crippen molar-refractivity contribution in [2.45, 2.75) is 56.9 Å². The highest BCUT2D eigenvalue weighted by Gasteiger charge is 2.48. The Morgan fingerprint density at radius 3 is 2.26 bits per heavy atom. The fourth-order valence-electron chi connectivity index (χ4n) is 6.35. The molecule has 5 rings (SSSR count). The van der Waals surface area contributed by atoms with Crippen LogP contribution in [0, 0.1) is 6.92 Å². The Bertz CT molecular complexity index is 1350. The second kappa shape index (κ2) is 11.4. The highest BCUT2D eigenvalue weighted by molar-refractivity contribution is 5.96. The molecule has 39 heavy (non-hydrogen) atoms. The van der Waals surface area contributed by atoms with Gasteiger partial charge in [0, 0.05) is 31.2 Å². The maximum atomic E-state index is 13.9. The van der Waals surface area contributed by atoms with Gasteiger partial charge in [-0.25, -0.2) is 0 Å². The maximum absolute atomic E-state index is 13.9. The third-order valence-corrected chi connectivity index (χ3v) is 8.43. The monoisotopic (exact) mass is 523 g/mol. The Morgan fingerprint density at radius 2 is 1.54 bits per heavy atom. The Balaban J connectivity index is 1.33. The molecule has 2 N–H and O–H groups in total. The van der Waals surface area contributed by atoms with Crippen molar-refractivity contribution < 1.29 is 14.4 Å².